The van der Waals surface area contributed by atoms with Gasteiger partial charge in [-0.2, -0.15) is 0 Å². The van der Waals surface area contributed by atoms with Crippen molar-refractivity contribution in [1.29, 1.82) is 0 Å². The second-order valence-corrected chi connectivity index (χ2v) is 7.28. The second kappa shape index (κ2) is 5.97. The molecule has 4 rings (SSSR count). The van der Waals surface area contributed by atoms with E-state index < -0.39 is 5.91 Å². The zero-order chi connectivity index (χ0) is 17.7. The van der Waals surface area contributed by atoms with Crippen LogP contribution in [0.3, 0.4) is 0 Å². The van der Waals surface area contributed by atoms with Crippen molar-refractivity contribution in [3.63, 3.8) is 0 Å². The average molecular weight is 375 g/mol. The Labute approximate surface area is 155 Å². The number of primary amides is 1. The van der Waals surface area contributed by atoms with Crippen LogP contribution >= 0.6 is 23.2 Å². The van der Waals surface area contributed by atoms with Gasteiger partial charge >= 0.3 is 0 Å². The third-order valence-corrected chi connectivity index (χ3v) is 5.56. The molecule has 0 saturated heterocycles. The van der Waals surface area contributed by atoms with Gasteiger partial charge in [-0.15, -0.1) is 0 Å². The highest BCUT2D eigenvalue weighted by molar-refractivity contribution is 6.35. The fourth-order valence-electron chi connectivity index (χ4n) is 3.96. The number of anilines is 1. The minimum Gasteiger partial charge on any atom is -0.506 e. The summed E-state index contributed by atoms with van der Waals surface area (Å²) in [6.07, 6.45) is 5.12. The second-order valence-electron chi connectivity index (χ2n) is 6.43. The number of para-hydroxylation sites is 1. The van der Waals surface area contributed by atoms with E-state index in [1.807, 2.05) is 12.1 Å². The highest BCUT2D eigenvalue weighted by Gasteiger charge is 2.40. The number of phenolic OH excluding ortho intramolecular Hbond substituents is 1. The van der Waals surface area contributed by atoms with E-state index in [1.165, 1.54) is 6.07 Å². The largest absolute Gasteiger partial charge is 0.506 e. The molecule has 3 atom stereocenters. The molecule has 4 N–H and O–H groups in total. The highest BCUT2D eigenvalue weighted by atomic mass is 35.5. The maximum absolute atomic E-state index is 11.9. The molecular weight excluding hydrogens is 359 g/mol. The summed E-state index contributed by atoms with van der Waals surface area (Å²) < 4.78 is 0. The normalized spacial score (nSPS) is 23.7. The minimum absolute atomic E-state index is 0.00854. The van der Waals surface area contributed by atoms with Crippen LogP contribution in [0.4, 0.5) is 5.69 Å². The van der Waals surface area contributed by atoms with Gasteiger partial charge in [-0.05, 0) is 36.1 Å². The Morgan fingerprint density at radius 2 is 2.04 bits per heavy atom. The number of nitrogens with two attached hydrogens (primary N) is 1. The number of aromatic hydroxyl groups is 1. The maximum Gasteiger partial charge on any atom is 0.250 e. The van der Waals surface area contributed by atoms with Crippen LogP contribution in [0.1, 0.15) is 39.9 Å². The zero-order valence-electron chi connectivity index (χ0n) is 13.2. The Balaban J connectivity index is 1.89. The first-order valence-electron chi connectivity index (χ1n) is 8.01. The monoisotopic (exact) mass is 374 g/mol. The van der Waals surface area contributed by atoms with E-state index in [0.29, 0.717) is 21.8 Å². The lowest BCUT2D eigenvalue weighted by Gasteiger charge is -2.38. The van der Waals surface area contributed by atoms with Crippen LogP contribution in [-0.4, -0.2) is 11.0 Å². The first-order valence-corrected chi connectivity index (χ1v) is 8.76. The molecule has 3 unspecified atom stereocenters. The van der Waals surface area contributed by atoms with Crippen molar-refractivity contribution in [3.8, 4) is 5.75 Å². The standard InChI is InChI=1S/C19H16Cl2N2O2/c20-9-7-14(18(24)15(21)8-9)17-12-4-1-3-10(12)11-5-2-6-13(19(22)25)16(11)23-17/h1-3,5-8,10,12,17,23-24H,4H2,(H2,22,25). The smallest absolute Gasteiger partial charge is 0.250 e. The highest BCUT2D eigenvalue weighted by Crippen LogP contribution is 2.52. The summed E-state index contributed by atoms with van der Waals surface area (Å²) in [5.74, 6) is -0.153. The number of hydrogen-bond acceptors (Lipinski definition) is 3. The predicted molar refractivity (Wildman–Crippen MR) is 99.4 cm³/mol. The summed E-state index contributed by atoms with van der Waals surface area (Å²) in [6, 6.07) is 8.55. The molecule has 0 bridgehead atoms. The van der Waals surface area contributed by atoms with Gasteiger partial charge in [0.2, 0.25) is 0 Å². The topological polar surface area (TPSA) is 75.4 Å². The lowest BCUT2D eigenvalue weighted by atomic mass is 9.76. The molecule has 1 heterocycles. The van der Waals surface area contributed by atoms with Crippen LogP contribution in [0.15, 0.2) is 42.5 Å². The number of fused-ring (bicyclic) bond motifs is 3. The molecule has 1 aliphatic carbocycles. The molecule has 0 aromatic heterocycles. The van der Waals surface area contributed by atoms with E-state index >= 15 is 0 Å². The van der Waals surface area contributed by atoms with Gasteiger partial charge in [0.25, 0.3) is 5.91 Å². The summed E-state index contributed by atoms with van der Waals surface area (Å²) >= 11 is 12.3. The molecule has 2 aromatic rings. The summed E-state index contributed by atoms with van der Waals surface area (Å²) in [4.78, 5) is 11.9. The van der Waals surface area contributed by atoms with E-state index in [-0.39, 0.29) is 28.6 Å². The number of benzene rings is 2. The zero-order valence-corrected chi connectivity index (χ0v) is 14.7. The Bertz CT molecular complexity index is 911. The van der Waals surface area contributed by atoms with Gasteiger partial charge in [-0.1, -0.05) is 47.5 Å². The number of allylic oxidation sites excluding steroid dienone is 2. The fourth-order valence-corrected chi connectivity index (χ4v) is 4.47. The molecule has 6 heteroatoms. The lowest BCUT2D eigenvalue weighted by Crippen LogP contribution is -2.31. The van der Waals surface area contributed by atoms with Crippen molar-refractivity contribution in [2.75, 3.05) is 5.32 Å². The van der Waals surface area contributed by atoms with Gasteiger partial charge in [-0.25, -0.2) is 0 Å². The molecule has 1 amide bonds. The quantitative estimate of drug-likeness (QED) is 0.671. The predicted octanol–water partition coefficient (Wildman–Crippen LogP) is 4.62. The van der Waals surface area contributed by atoms with Crippen LogP contribution < -0.4 is 11.1 Å². The van der Waals surface area contributed by atoms with E-state index in [2.05, 4.69) is 17.5 Å². The van der Waals surface area contributed by atoms with Crippen LogP contribution in [-0.2, 0) is 0 Å². The maximum atomic E-state index is 11.9. The van der Waals surface area contributed by atoms with Crippen molar-refractivity contribution in [1.82, 2.24) is 0 Å². The molecule has 1 aliphatic heterocycles. The third-order valence-electron chi connectivity index (χ3n) is 5.05. The van der Waals surface area contributed by atoms with Crippen molar-refractivity contribution in [2.45, 2.75) is 18.4 Å². The van der Waals surface area contributed by atoms with Gasteiger partial charge in [-0.3, -0.25) is 4.79 Å². The molecular formula is C19H16Cl2N2O2. The Hall–Kier alpha value is -2.17. The van der Waals surface area contributed by atoms with Crippen LogP contribution in [0.5, 0.6) is 5.75 Å². The number of carbonyl (C=O) groups excluding carboxylic acids is 1. The van der Waals surface area contributed by atoms with Crippen LogP contribution in [0.25, 0.3) is 0 Å². The fraction of sp³-hybridized carbons (Fsp3) is 0.211. The van der Waals surface area contributed by atoms with Crippen molar-refractivity contribution in [3.05, 3.63) is 69.2 Å². The van der Waals surface area contributed by atoms with E-state index in [1.54, 1.807) is 12.1 Å². The van der Waals surface area contributed by atoms with Crippen molar-refractivity contribution in [2.24, 2.45) is 11.7 Å². The van der Waals surface area contributed by atoms with Gasteiger partial charge in [0.15, 0.2) is 0 Å². The molecule has 0 fully saturated rings. The first-order chi connectivity index (χ1) is 12.0. The molecule has 128 valence electrons. The average Bonchev–Trinajstić information content (AvgIpc) is 3.06. The Kier molecular flexibility index (Phi) is 3.89. The molecule has 0 spiro atoms. The van der Waals surface area contributed by atoms with Gasteiger partial charge < -0.3 is 16.2 Å². The SMILES string of the molecule is NC(=O)c1cccc2c1NC(c1cc(Cl)cc(Cl)c1O)C1CC=CC21. The molecule has 4 nitrogen and oxygen atoms in total. The lowest BCUT2D eigenvalue weighted by molar-refractivity contribution is 0.100. The summed E-state index contributed by atoms with van der Waals surface area (Å²) in [5.41, 5.74) is 8.37. The molecule has 2 aliphatic rings. The molecule has 0 saturated carbocycles. The third kappa shape index (κ3) is 2.57. The first kappa shape index (κ1) is 16.3. The summed E-state index contributed by atoms with van der Waals surface area (Å²) in [6.45, 7) is 0. The van der Waals surface area contributed by atoms with Crippen LogP contribution in [0.2, 0.25) is 10.0 Å². The number of halogens is 2. The van der Waals surface area contributed by atoms with Gasteiger partial charge in [0.1, 0.15) is 5.75 Å². The number of nitrogens with one attached hydrogen (secondary N) is 1. The molecule has 25 heavy (non-hydrogen) atoms. The molecule has 2 aromatic carbocycles. The van der Waals surface area contributed by atoms with Gasteiger partial charge in [0, 0.05) is 16.5 Å². The Morgan fingerprint density at radius 3 is 2.80 bits per heavy atom. The number of amides is 1. The van der Waals surface area contributed by atoms with Crippen molar-refractivity contribution >= 4 is 34.8 Å². The summed E-state index contributed by atoms with van der Waals surface area (Å²) in [7, 11) is 0. The Morgan fingerprint density at radius 1 is 1.24 bits per heavy atom. The van der Waals surface area contributed by atoms with Crippen molar-refractivity contribution < 1.29 is 9.90 Å². The minimum atomic E-state index is -0.489. The molecule has 0 radical (unpaired) electrons. The van der Waals surface area contributed by atoms with Crippen LogP contribution in [0, 0.1) is 5.92 Å². The van der Waals surface area contributed by atoms with Gasteiger partial charge in [0.05, 0.1) is 22.3 Å². The number of hydrogen-bond donors (Lipinski definition) is 3. The number of carbonyl (C=O) groups is 1. The van der Waals surface area contributed by atoms with E-state index in [9.17, 15) is 9.90 Å². The number of rotatable bonds is 2. The van der Waals surface area contributed by atoms with E-state index in [4.69, 9.17) is 28.9 Å². The summed E-state index contributed by atoms with van der Waals surface area (Å²) in [5, 5.41) is 14.6. The number of phenols is 1. The van der Waals surface area contributed by atoms with E-state index in [0.717, 1.165) is 12.0 Å².